The Hall–Kier alpha value is -0.420. The van der Waals surface area contributed by atoms with Crippen LogP contribution >= 0.6 is 0 Å². The highest BCUT2D eigenvalue weighted by atomic mass is 32.2. The number of carbonyl (C=O) groups excluding carboxylic acids is 1. The number of rotatable bonds is 5. The quantitative estimate of drug-likeness (QED) is 0.747. The van der Waals surface area contributed by atoms with Gasteiger partial charge in [-0.25, -0.2) is 8.42 Å². The lowest BCUT2D eigenvalue weighted by molar-refractivity contribution is -0.129. The number of hydrogen-bond acceptors (Lipinski definition) is 4. The van der Waals surface area contributed by atoms with Gasteiger partial charge in [0.05, 0.1) is 11.3 Å². The first-order valence-corrected chi connectivity index (χ1v) is 8.25. The highest BCUT2D eigenvalue weighted by Crippen LogP contribution is 2.22. The van der Waals surface area contributed by atoms with Crippen LogP contribution in [-0.4, -0.2) is 49.7 Å². The molecular formula is C12H23NO3S. The summed E-state index contributed by atoms with van der Waals surface area (Å²) in [6, 6.07) is 0. The molecule has 0 N–H and O–H groups in total. The van der Waals surface area contributed by atoms with E-state index in [1.165, 1.54) is 12.7 Å². The highest BCUT2D eigenvalue weighted by Gasteiger charge is 2.34. The van der Waals surface area contributed by atoms with Gasteiger partial charge in [-0.1, -0.05) is 6.42 Å². The van der Waals surface area contributed by atoms with Crippen LogP contribution in [0.2, 0.25) is 0 Å². The Bertz CT molecular complexity index is 367. The highest BCUT2D eigenvalue weighted by molar-refractivity contribution is 7.90. The second-order valence-corrected chi connectivity index (χ2v) is 7.67. The standard InChI is InChI=1S/C12H23NO3S/c1-12(2,13-8-5-4-6-9-13)11(14)7-10-17(3,15)16/h4-10H2,1-3H3. The van der Waals surface area contributed by atoms with Crippen molar-refractivity contribution in [3.8, 4) is 0 Å². The number of piperidine rings is 1. The fourth-order valence-corrected chi connectivity index (χ4v) is 2.77. The van der Waals surface area contributed by atoms with Crippen molar-refractivity contribution in [1.82, 2.24) is 4.90 Å². The molecule has 100 valence electrons. The van der Waals surface area contributed by atoms with Crippen LogP contribution in [0.15, 0.2) is 0 Å². The van der Waals surface area contributed by atoms with E-state index in [-0.39, 0.29) is 18.0 Å². The predicted octanol–water partition coefficient (Wildman–Crippen LogP) is 1.25. The zero-order valence-corrected chi connectivity index (χ0v) is 11.8. The van der Waals surface area contributed by atoms with Gasteiger partial charge in [0.2, 0.25) is 0 Å². The fourth-order valence-electron chi connectivity index (χ4n) is 2.21. The van der Waals surface area contributed by atoms with Gasteiger partial charge in [-0.05, 0) is 39.8 Å². The summed E-state index contributed by atoms with van der Waals surface area (Å²) in [5, 5.41) is 0. The first kappa shape index (κ1) is 14.6. The molecule has 0 aliphatic carbocycles. The molecule has 17 heavy (non-hydrogen) atoms. The second kappa shape index (κ2) is 5.48. The maximum absolute atomic E-state index is 12.1. The molecule has 0 saturated carbocycles. The van der Waals surface area contributed by atoms with E-state index in [9.17, 15) is 13.2 Å². The molecule has 1 aliphatic rings. The fraction of sp³-hybridized carbons (Fsp3) is 0.917. The van der Waals surface area contributed by atoms with Gasteiger partial charge in [-0.2, -0.15) is 0 Å². The monoisotopic (exact) mass is 261 g/mol. The van der Waals surface area contributed by atoms with E-state index in [1.807, 2.05) is 13.8 Å². The van der Waals surface area contributed by atoms with Gasteiger partial charge >= 0.3 is 0 Å². The first-order chi connectivity index (χ1) is 7.73. The van der Waals surface area contributed by atoms with Crippen LogP contribution < -0.4 is 0 Å². The molecule has 1 saturated heterocycles. The number of nitrogens with zero attached hydrogens (tertiary/aromatic N) is 1. The lowest BCUT2D eigenvalue weighted by atomic mass is 9.92. The van der Waals surface area contributed by atoms with Crippen molar-refractivity contribution in [1.29, 1.82) is 0 Å². The summed E-state index contributed by atoms with van der Waals surface area (Å²) in [6.07, 6.45) is 4.78. The number of likely N-dealkylation sites (tertiary alicyclic amines) is 1. The molecule has 0 spiro atoms. The van der Waals surface area contributed by atoms with Crippen LogP contribution in [0.5, 0.6) is 0 Å². The van der Waals surface area contributed by atoms with Gasteiger partial charge in [-0.15, -0.1) is 0 Å². The molecule has 0 bridgehead atoms. The Kier molecular flexibility index (Phi) is 4.72. The molecule has 0 aromatic rings. The van der Waals surface area contributed by atoms with Crippen molar-refractivity contribution >= 4 is 15.6 Å². The maximum atomic E-state index is 12.1. The van der Waals surface area contributed by atoms with E-state index in [1.54, 1.807) is 0 Å². The molecule has 1 fully saturated rings. The largest absolute Gasteiger partial charge is 0.298 e. The number of sulfone groups is 1. The van der Waals surface area contributed by atoms with Crippen molar-refractivity contribution in [2.75, 3.05) is 25.1 Å². The van der Waals surface area contributed by atoms with Crippen molar-refractivity contribution in [3.63, 3.8) is 0 Å². The van der Waals surface area contributed by atoms with Crippen LogP contribution in [0.4, 0.5) is 0 Å². The molecule has 0 aromatic heterocycles. The van der Waals surface area contributed by atoms with Crippen molar-refractivity contribution in [2.24, 2.45) is 0 Å². The zero-order valence-electron chi connectivity index (χ0n) is 11.0. The molecule has 1 rings (SSSR count). The molecule has 0 atom stereocenters. The summed E-state index contributed by atoms with van der Waals surface area (Å²) in [4.78, 5) is 14.3. The minimum Gasteiger partial charge on any atom is -0.298 e. The number of hydrogen-bond donors (Lipinski definition) is 0. The third kappa shape index (κ3) is 4.39. The summed E-state index contributed by atoms with van der Waals surface area (Å²) in [5.74, 6) is -0.00634. The first-order valence-electron chi connectivity index (χ1n) is 6.19. The Morgan fingerprint density at radius 3 is 2.18 bits per heavy atom. The maximum Gasteiger partial charge on any atom is 0.153 e. The topological polar surface area (TPSA) is 54.5 Å². The SMILES string of the molecule is CC(C)(C(=O)CCS(C)(=O)=O)N1CCCCC1. The van der Waals surface area contributed by atoms with Crippen molar-refractivity contribution in [3.05, 3.63) is 0 Å². The minimum absolute atomic E-state index is 0.0322. The van der Waals surface area contributed by atoms with Gasteiger partial charge in [0.1, 0.15) is 9.84 Å². The lowest BCUT2D eigenvalue weighted by Crippen LogP contribution is -2.52. The molecule has 1 aliphatic heterocycles. The number of Topliss-reactive ketones (excluding diaryl/α,β-unsaturated/α-hetero) is 1. The van der Waals surface area contributed by atoms with Gasteiger partial charge < -0.3 is 0 Å². The number of ketones is 1. The smallest absolute Gasteiger partial charge is 0.153 e. The van der Waals surface area contributed by atoms with E-state index in [0.717, 1.165) is 25.9 Å². The molecule has 0 unspecified atom stereocenters. The predicted molar refractivity (Wildman–Crippen MR) is 68.8 cm³/mol. The minimum atomic E-state index is -3.05. The van der Waals surface area contributed by atoms with Gasteiger partial charge in [-0.3, -0.25) is 9.69 Å². The number of carbonyl (C=O) groups is 1. The normalized spacial score (nSPS) is 19.2. The van der Waals surface area contributed by atoms with Gasteiger partial charge in [0.25, 0.3) is 0 Å². The van der Waals surface area contributed by atoms with Crippen LogP contribution in [0.25, 0.3) is 0 Å². The third-order valence-corrected chi connectivity index (χ3v) is 4.47. The molecule has 1 heterocycles. The summed E-state index contributed by atoms with van der Waals surface area (Å²) in [5.41, 5.74) is -0.523. The molecule has 5 heteroatoms. The summed E-state index contributed by atoms with van der Waals surface area (Å²) in [7, 11) is -3.05. The molecular weight excluding hydrogens is 238 g/mol. The van der Waals surface area contributed by atoms with Crippen molar-refractivity contribution < 1.29 is 13.2 Å². The Morgan fingerprint density at radius 2 is 1.71 bits per heavy atom. The van der Waals surface area contributed by atoms with E-state index in [0.29, 0.717) is 0 Å². The average molecular weight is 261 g/mol. The van der Waals surface area contributed by atoms with E-state index in [4.69, 9.17) is 0 Å². The Morgan fingerprint density at radius 1 is 1.18 bits per heavy atom. The Balaban J connectivity index is 2.59. The van der Waals surface area contributed by atoms with E-state index < -0.39 is 15.4 Å². The lowest BCUT2D eigenvalue weighted by Gasteiger charge is -2.39. The summed E-state index contributed by atoms with van der Waals surface area (Å²) in [6.45, 7) is 5.70. The zero-order chi connectivity index (χ0) is 13.1. The van der Waals surface area contributed by atoms with Crippen LogP contribution in [-0.2, 0) is 14.6 Å². The summed E-state index contributed by atoms with van der Waals surface area (Å²) < 4.78 is 22.1. The van der Waals surface area contributed by atoms with E-state index >= 15 is 0 Å². The molecule has 0 aromatic carbocycles. The van der Waals surface area contributed by atoms with Crippen molar-refractivity contribution in [2.45, 2.75) is 45.1 Å². The summed E-state index contributed by atoms with van der Waals surface area (Å²) >= 11 is 0. The van der Waals surface area contributed by atoms with Crippen LogP contribution in [0, 0.1) is 0 Å². The van der Waals surface area contributed by atoms with Gasteiger partial charge in [0.15, 0.2) is 5.78 Å². The second-order valence-electron chi connectivity index (χ2n) is 5.41. The molecule has 0 amide bonds. The van der Waals surface area contributed by atoms with E-state index in [2.05, 4.69) is 4.90 Å². The average Bonchev–Trinajstić information content (AvgIpc) is 2.26. The Labute approximate surface area is 104 Å². The van der Waals surface area contributed by atoms with Crippen LogP contribution in [0.3, 0.4) is 0 Å². The molecule has 0 radical (unpaired) electrons. The third-order valence-electron chi connectivity index (χ3n) is 3.53. The molecule has 4 nitrogen and oxygen atoms in total. The van der Waals surface area contributed by atoms with Gasteiger partial charge in [0, 0.05) is 12.7 Å². The van der Waals surface area contributed by atoms with Crippen LogP contribution in [0.1, 0.15) is 39.5 Å².